The van der Waals surface area contributed by atoms with E-state index in [1.54, 1.807) is 0 Å². The minimum Gasteiger partial charge on any atom is -0.469 e. The molecule has 1 atom stereocenters. The van der Waals surface area contributed by atoms with Crippen LogP contribution in [-0.2, 0) is 0 Å². The van der Waals surface area contributed by atoms with Gasteiger partial charge in [-0.2, -0.15) is 0 Å². The van der Waals surface area contributed by atoms with Crippen LogP contribution in [0.1, 0.15) is 12.8 Å². The molecule has 1 saturated carbocycles. The van der Waals surface area contributed by atoms with Gasteiger partial charge in [-0.1, -0.05) is 11.6 Å². The molecule has 0 aromatic rings. The molecule has 1 rings (SSSR count). The largest absolute Gasteiger partial charge is 0.469 e. The van der Waals surface area contributed by atoms with Gasteiger partial charge in [-0.3, -0.25) is 0 Å². The van der Waals surface area contributed by atoms with Crippen molar-refractivity contribution < 1.29 is 23.1 Å². The van der Waals surface area contributed by atoms with Gasteiger partial charge in [0.15, 0.2) is 0 Å². The molecule has 1 unspecified atom stereocenters. The third-order valence-electron chi connectivity index (χ3n) is 1.29. The maximum absolute atomic E-state index is 12.0. The summed E-state index contributed by atoms with van der Waals surface area (Å²) < 4.78 is 35.6. The summed E-state index contributed by atoms with van der Waals surface area (Å²) in [6.07, 6.45) is -0.658. The van der Waals surface area contributed by atoms with E-state index in [-0.39, 0.29) is 6.42 Å². The van der Waals surface area contributed by atoms with Crippen molar-refractivity contribution in [2.24, 2.45) is 0 Å². The second-order valence-electron chi connectivity index (χ2n) is 2.16. The maximum Gasteiger partial charge on any atom is 0.401 e. The number of hydrogen-bond acceptors (Lipinski definition) is 1. The highest BCUT2D eigenvalue weighted by atomic mass is 35.5. The monoisotopic (exact) mass is 224 g/mol. The fraction of sp³-hybridized carbons (Fsp3) is 0.800. The van der Waals surface area contributed by atoms with Gasteiger partial charge < -0.3 is 5.11 Å². The van der Waals surface area contributed by atoms with Gasteiger partial charge >= 0.3 is 5.43 Å². The summed E-state index contributed by atoms with van der Waals surface area (Å²) in [6.45, 7) is 0. The second-order valence-corrected chi connectivity index (χ2v) is 3.08. The highest BCUT2D eigenvalue weighted by Crippen LogP contribution is 2.52. The van der Waals surface area contributed by atoms with Crippen molar-refractivity contribution in [2.45, 2.75) is 23.9 Å². The summed E-state index contributed by atoms with van der Waals surface area (Å²) in [7, 11) is 0. The van der Waals surface area contributed by atoms with E-state index in [1.165, 1.54) is 0 Å². The fourth-order valence-corrected chi connectivity index (χ4v) is 0.692. The molecule has 0 amide bonds. The van der Waals surface area contributed by atoms with Crippen molar-refractivity contribution in [1.82, 2.24) is 0 Å². The van der Waals surface area contributed by atoms with E-state index in [9.17, 15) is 13.2 Å². The highest BCUT2D eigenvalue weighted by molar-refractivity contribution is 6.60. The summed E-state index contributed by atoms with van der Waals surface area (Å²) >= 11 is 8.87. The number of carboxylic acid groups (broad SMARTS) is 1. The molecule has 0 aliphatic heterocycles. The number of halogens is 5. The van der Waals surface area contributed by atoms with E-state index in [0.29, 0.717) is 0 Å². The van der Waals surface area contributed by atoms with Crippen molar-refractivity contribution in [2.75, 3.05) is 0 Å². The van der Waals surface area contributed by atoms with Crippen LogP contribution >= 0.6 is 23.2 Å². The first kappa shape index (κ1) is 11.8. The van der Waals surface area contributed by atoms with Crippen molar-refractivity contribution >= 4 is 28.6 Å². The van der Waals surface area contributed by atoms with Gasteiger partial charge in [0.25, 0.3) is 5.92 Å². The summed E-state index contributed by atoms with van der Waals surface area (Å²) in [5.41, 5.74) is -1.36. The molecule has 12 heavy (non-hydrogen) atoms. The lowest BCUT2D eigenvalue weighted by Gasteiger charge is -2.37. The predicted octanol–water partition coefficient (Wildman–Crippen LogP) is 3.22. The summed E-state index contributed by atoms with van der Waals surface area (Å²) in [5, 5.41) is 4.44. The minimum absolute atomic E-state index is 0.235. The Bertz CT molecular complexity index is 166. The van der Waals surface area contributed by atoms with Gasteiger partial charge in [-0.25, -0.2) is 18.0 Å². The lowest BCUT2D eigenvalue weighted by molar-refractivity contribution is -0.166. The average molecular weight is 225 g/mol. The van der Waals surface area contributed by atoms with Gasteiger partial charge in [0, 0.05) is 24.4 Å². The molecule has 0 radical (unpaired) electrons. The van der Waals surface area contributed by atoms with Gasteiger partial charge in [0.2, 0.25) is 5.13 Å². The van der Waals surface area contributed by atoms with Crippen LogP contribution in [0.25, 0.3) is 0 Å². The number of alkyl halides is 4. The lowest BCUT2D eigenvalue weighted by atomic mass is 9.92. The van der Waals surface area contributed by atoms with Crippen LogP contribution in [-0.4, -0.2) is 21.6 Å². The van der Waals surface area contributed by atoms with Crippen molar-refractivity contribution in [3.05, 3.63) is 0 Å². The van der Waals surface area contributed by atoms with Crippen LogP contribution in [0.3, 0.4) is 0 Å². The normalized spacial score (nSPS) is 31.1. The minimum atomic E-state index is -3.28. The van der Waals surface area contributed by atoms with E-state index in [0.717, 1.165) is 0 Å². The first-order valence-electron chi connectivity index (χ1n) is 2.83. The Morgan fingerprint density at radius 3 is 1.58 bits per heavy atom. The Kier molecular flexibility index (Phi) is 3.65. The quantitative estimate of drug-likeness (QED) is 0.507. The highest BCUT2D eigenvalue weighted by Gasteiger charge is 2.62. The van der Waals surface area contributed by atoms with Crippen LogP contribution < -0.4 is 0 Å². The summed E-state index contributed by atoms with van der Waals surface area (Å²) in [5.74, 6) is -3.28. The molecule has 72 valence electrons. The molecule has 1 aliphatic carbocycles. The van der Waals surface area contributed by atoms with Crippen molar-refractivity contribution in [1.29, 1.82) is 0 Å². The molecule has 1 N–H and O–H groups in total. The van der Waals surface area contributed by atoms with E-state index in [1.807, 2.05) is 0 Å². The first-order valence-corrected chi connectivity index (χ1v) is 3.59. The Morgan fingerprint density at radius 1 is 1.33 bits per heavy atom. The van der Waals surface area contributed by atoms with E-state index in [4.69, 9.17) is 9.90 Å². The van der Waals surface area contributed by atoms with Gasteiger partial charge in [-0.05, 0) is 0 Å². The molecule has 0 aromatic heterocycles. The van der Waals surface area contributed by atoms with E-state index in [2.05, 4.69) is 23.2 Å². The molecule has 0 saturated heterocycles. The molecule has 0 heterocycles. The maximum atomic E-state index is 12.0. The smallest absolute Gasteiger partial charge is 0.401 e. The standard InChI is InChI=1S/C4H4ClF3.CHClO2/c5-3(6)1-2-4(3,7)8;2-1(3)4/h1-2H2;(H,3,4). The van der Waals surface area contributed by atoms with E-state index < -0.39 is 22.9 Å². The zero-order valence-corrected chi connectivity index (χ0v) is 7.17. The summed E-state index contributed by atoms with van der Waals surface area (Å²) in [6, 6.07) is 0. The molecule has 2 nitrogen and oxygen atoms in total. The van der Waals surface area contributed by atoms with Crippen LogP contribution in [0.2, 0.25) is 0 Å². The molecule has 1 aliphatic rings. The molecule has 7 heteroatoms. The molecule has 0 spiro atoms. The number of rotatable bonds is 0. The SMILES string of the molecule is FC1(F)CCC1(F)Cl.O=C(O)Cl. The Hall–Kier alpha value is -0.160. The van der Waals surface area contributed by atoms with E-state index >= 15 is 0 Å². The molecule has 0 aromatic carbocycles. The van der Waals surface area contributed by atoms with Gasteiger partial charge in [0.05, 0.1) is 0 Å². The third-order valence-corrected chi connectivity index (χ3v) is 1.75. The van der Waals surface area contributed by atoms with Crippen LogP contribution in [0.4, 0.5) is 18.0 Å². The van der Waals surface area contributed by atoms with Crippen LogP contribution in [0.5, 0.6) is 0 Å². The molecular formula is C5H5Cl2F3O2. The Balaban J connectivity index is 0.000000261. The number of hydrogen-bond donors (Lipinski definition) is 1. The fourth-order valence-electron chi connectivity index (χ4n) is 0.503. The predicted molar refractivity (Wildman–Crippen MR) is 37.8 cm³/mol. The average Bonchev–Trinajstić information content (AvgIpc) is 1.84. The van der Waals surface area contributed by atoms with Gasteiger partial charge in [-0.15, -0.1) is 0 Å². The van der Waals surface area contributed by atoms with Crippen LogP contribution in [0.15, 0.2) is 0 Å². The molecule has 1 fully saturated rings. The van der Waals surface area contributed by atoms with Gasteiger partial charge in [0.1, 0.15) is 0 Å². The topological polar surface area (TPSA) is 37.3 Å². The number of carbonyl (C=O) groups is 1. The van der Waals surface area contributed by atoms with Crippen molar-refractivity contribution in [3.8, 4) is 0 Å². The second kappa shape index (κ2) is 3.70. The lowest BCUT2D eigenvalue weighted by Crippen LogP contribution is -2.49. The third kappa shape index (κ3) is 3.06. The Labute approximate surface area is 76.3 Å². The zero-order valence-electron chi connectivity index (χ0n) is 5.66. The zero-order chi connectivity index (χ0) is 9.99. The molecular weight excluding hydrogens is 220 g/mol. The van der Waals surface area contributed by atoms with Crippen LogP contribution in [0, 0.1) is 0 Å². The first-order chi connectivity index (χ1) is 5.19. The Morgan fingerprint density at radius 2 is 1.58 bits per heavy atom. The summed E-state index contributed by atoms with van der Waals surface area (Å²) in [4.78, 5) is 8.77. The molecule has 0 bridgehead atoms. The van der Waals surface area contributed by atoms with Crippen molar-refractivity contribution in [3.63, 3.8) is 0 Å².